The minimum absolute atomic E-state index is 0.0206. The predicted octanol–water partition coefficient (Wildman–Crippen LogP) is 4.61. The Hall–Kier alpha value is -3.76. The Balaban J connectivity index is 2.13. The van der Waals surface area contributed by atoms with E-state index >= 15 is 0 Å². The lowest BCUT2D eigenvalue weighted by Crippen LogP contribution is -2.55. The molecule has 0 saturated heterocycles. The number of nitrogens with zero attached hydrogens (tertiary/aromatic N) is 3. The number of hydrogen-bond donors (Lipinski definition) is 1. The number of anilines is 1. The largest absolute Gasteiger partial charge is 0.352 e. The number of halogens is 1. The Labute approximate surface area is 249 Å². The summed E-state index contributed by atoms with van der Waals surface area (Å²) < 4.78 is 43.1. The minimum Gasteiger partial charge on any atom is -0.352 e. The molecule has 8 nitrogen and oxygen atoms in total. The summed E-state index contributed by atoms with van der Waals surface area (Å²) in [5.41, 5.74) is 3.33. The molecule has 3 rings (SSSR count). The zero-order valence-corrected chi connectivity index (χ0v) is 26.0. The van der Waals surface area contributed by atoms with Crippen LogP contribution in [0.4, 0.5) is 10.1 Å². The summed E-state index contributed by atoms with van der Waals surface area (Å²) in [6.07, 6.45) is 0.900. The third-order valence-corrected chi connectivity index (χ3v) is 9.00. The van der Waals surface area contributed by atoms with E-state index in [1.807, 2.05) is 57.2 Å². The van der Waals surface area contributed by atoms with Gasteiger partial charge in [-0.25, -0.2) is 8.70 Å². The lowest BCUT2D eigenvalue weighted by Gasteiger charge is -2.35. The highest BCUT2D eigenvalue weighted by Crippen LogP contribution is 2.26. The number of nitrogens with one attached hydrogen (secondary N) is 1. The summed E-state index contributed by atoms with van der Waals surface area (Å²) in [7, 11) is -1.28. The first kappa shape index (κ1) is 32.8. The number of carbonyl (C=O) groups is 2. The molecule has 2 atom stereocenters. The van der Waals surface area contributed by atoms with Crippen molar-refractivity contribution in [3.05, 3.63) is 101 Å². The van der Waals surface area contributed by atoms with Crippen molar-refractivity contribution in [1.29, 1.82) is 0 Å². The molecular weight excluding hydrogens is 555 g/mol. The highest BCUT2D eigenvalue weighted by molar-refractivity contribution is 7.90. The summed E-state index contributed by atoms with van der Waals surface area (Å²) >= 11 is 0. The maximum atomic E-state index is 14.3. The third-order valence-electron chi connectivity index (χ3n) is 7.19. The van der Waals surface area contributed by atoms with Gasteiger partial charge in [-0.15, -0.1) is 0 Å². The van der Waals surface area contributed by atoms with Crippen LogP contribution in [0, 0.1) is 19.7 Å². The average molecular weight is 597 g/mol. The summed E-state index contributed by atoms with van der Waals surface area (Å²) in [4.78, 5) is 29.5. The molecule has 10 heteroatoms. The zero-order chi connectivity index (χ0) is 31.0. The van der Waals surface area contributed by atoms with Gasteiger partial charge in [-0.05, 0) is 67.6 Å². The number of amides is 2. The molecular formula is C32H41FN4O4S. The molecule has 0 fully saturated rings. The maximum Gasteiger partial charge on any atom is 0.304 e. The molecule has 2 amide bonds. The molecule has 0 saturated carbocycles. The molecule has 0 aliphatic carbocycles. The topological polar surface area (TPSA) is 90.0 Å². The van der Waals surface area contributed by atoms with Gasteiger partial charge in [0, 0.05) is 33.1 Å². The van der Waals surface area contributed by atoms with Gasteiger partial charge in [0.1, 0.15) is 18.4 Å². The van der Waals surface area contributed by atoms with Gasteiger partial charge in [0.2, 0.25) is 11.8 Å². The second kappa shape index (κ2) is 14.4. The first-order chi connectivity index (χ1) is 19.8. The van der Waals surface area contributed by atoms with Gasteiger partial charge in [0.15, 0.2) is 0 Å². The summed E-state index contributed by atoms with van der Waals surface area (Å²) in [6, 6.07) is 19.4. The predicted molar refractivity (Wildman–Crippen MR) is 165 cm³/mol. The second-order valence-corrected chi connectivity index (χ2v) is 12.8. The molecule has 0 aromatic heterocycles. The standard InChI is InChI=1S/C32H41FN4O4S/c1-7-25(4)34-32(39)30(20-26-11-9-8-10-12-26)36(21-27-15-17-28(33)18-16-27)31(38)22-37(42(40,41)35(5)6)29-19-23(2)13-14-24(29)3/h8-19,25,30H,7,20-22H2,1-6H3,(H,34,39)/t25-,30+/m0/s1. The average Bonchev–Trinajstić information content (AvgIpc) is 2.96. The molecule has 3 aromatic carbocycles. The van der Waals surface area contributed by atoms with Gasteiger partial charge in [-0.3, -0.25) is 9.59 Å². The van der Waals surface area contributed by atoms with Crippen molar-refractivity contribution < 1.29 is 22.4 Å². The molecule has 0 unspecified atom stereocenters. The van der Waals surface area contributed by atoms with Crippen LogP contribution in [0.5, 0.6) is 0 Å². The fourth-order valence-corrected chi connectivity index (χ4v) is 5.58. The van der Waals surface area contributed by atoms with E-state index < -0.39 is 34.5 Å². The van der Waals surface area contributed by atoms with Crippen molar-refractivity contribution in [2.45, 2.75) is 59.2 Å². The minimum atomic E-state index is -4.10. The molecule has 0 heterocycles. The van der Waals surface area contributed by atoms with Gasteiger partial charge < -0.3 is 10.2 Å². The zero-order valence-electron chi connectivity index (χ0n) is 25.2. The van der Waals surface area contributed by atoms with E-state index in [0.29, 0.717) is 23.2 Å². The van der Waals surface area contributed by atoms with E-state index in [2.05, 4.69) is 5.32 Å². The Kier molecular flexibility index (Phi) is 11.2. The van der Waals surface area contributed by atoms with Crippen LogP contribution in [-0.2, 0) is 32.8 Å². The van der Waals surface area contributed by atoms with Crippen LogP contribution in [0.1, 0.15) is 42.5 Å². The first-order valence-corrected chi connectivity index (χ1v) is 15.4. The summed E-state index contributed by atoms with van der Waals surface area (Å²) in [5.74, 6) is -1.34. The number of aryl methyl sites for hydroxylation is 2. The normalized spacial score (nSPS) is 13.0. The van der Waals surface area contributed by atoms with Gasteiger partial charge in [0.05, 0.1) is 5.69 Å². The SMILES string of the molecule is CC[C@H](C)NC(=O)[C@@H](Cc1ccccc1)N(Cc1ccc(F)cc1)C(=O)CN(c1cc(C)ccc1C)S(=O)(=O)N(C)C. The van der Waals surface area contributed by atoms with Gasteiger partial charge in [-0.1, -0.05) is 61.5 Å². The Bertz CT molecular complexity index is 1460. The van der Waals surface area contributed by atoms with E-state index in [4.69, 9.17) is 0 Å². The quantitative estimate of drug-likeness (QED) is 0.312. The van der Waals surface area contributed by atoms with E-state index in [1.165, 1.54) is 31.1 Å². The van der Waals surface area contributed by atoms with Crippen molar-refractivity contribution in [3.63, 3.8) is 0 Å². The van der Waals surface area contributed by atoms with Crippen LogP contribution in [0.15, 0.2) is 72.8 Å². The maximum absolute atomic E-state index is 14.3. The van der Waals surface area contributed by atoms with Gasteiger partial charge in [-0.2, -0.15) is 12.7 Å². The first-order valence-electron chi connectivity index (χ1n) is 14.0. The lowest BCUT2D eigenvalue weighted by molar-refractivity contribution is -0.140. The summed E-state index contributed by atoms with van der Waals surface area (Å²) in [6.45, 7) is 6.91. The molecule has 3 aromatic rings. The fourth-order valence-electron chi connectivity index (χ4n) is 4.47. The fraction of sp³-hybridized carbons (Fsp3) is 0.375. The van der Waals surface area contributed by atoms with Gasteiger partial charge >= 0.3 is 10.2 Å². The van der Waals surface area contributed by atoms with Gasteiger partial charge in [0.25, 0.3) is 0 Å². The molecule has 42 heavy (non-hydrogen) atoms. The van der Waals surface area contributed by atoms with Crippen LogP contribution < -0.4 is 9.62 Å². The van der Waals surface area contributed by atoms with Crippen molar-refractivity contribution >= 4 is 27.7 Å². The highest BCUT2D eigenvalue weighted by atomic mass is 32.2. The molecule has 0 spiro atoms. The number of hydrogen-bond acceptors (Lipinski definition) is 4. The summed E-state index contributed by atoms with van der Waals surface area (Å²) in [5, 5.41) is 3.00. The van der Waals surface area contributed by atoms with Crippen LogP contribution in [0.2, 0.25) is 0 Å². The van der Waals surface area contributed by atoms with E-state index in [9.17, 15) is 22.4 Å². The third kappa shape index (κ3) is 8.39. The van der Waals surface area contributed by atoms with Crippen molar-refractivity contribution in [3.8, 4) is 0 Å². The van der Waals surface area contributed by atoms with E-state index in [1.54, 1.807) is 31.2 Å². The van der Waals surface area contributed by atoms with Crippen molar-refractivity contribution in [2.75, 3.05) is 24.9 Å². The molecule has 0 aliphatic rings. The molecule has 226 valence electrons. The van der Waals surface area contributed by atoms with Crippen LogP contribution in [0.25, 0.3) is 0 Å². The highest BCUT2D eigenvalue weighted by Gasteiger charge is 2.35. The van der Waals surface area contributed by atoms with Crippen molar-refractivity contribution in [1.82, 2.24) is 14.5 Å². The number of rotatable bonds is 13. The van der Waals surface area contributed by atoms with Crippen LogP contribution >= 0.6 is 0 Å². The Morgan fingerprint density at radius 3 is 2.17 bits per heavy atom. The number of benzene rings is 3. The van der Waals surface area contributed by atoms with Crippen LogP contribution in [-0.4, -0.2) is 62.2 Å². The molecule has 0 aliphatic heterocycles. The molecule has 0 radical (unpaired) electrons. The van der Waals surface area contributed by atoms with Crippen LogP contribution in [0.3, 0.4) is 0 Å². The van der Waals surface area contributed by atoms with E-state index in [-0.39, 0.29) is 24.9 Å². The van der Waals surface area contributed by atoms with E-state index in [0.717, 1.165) is 19.7 Å². The smallest absolute Gasteiger partial charge is 0.304 e. The van der Waals surface area contributed by atoms with Crippen molar-refractivity contribution in [2.24, 2.45) is 0 Å². The lowest BCUT2D eigenvalue weighted by atomic mass is 10.0. The molecule has 1 N–H and O–H groups in total. The number of carbonyl (C=O) groups excluding carboxylic acids is 2. The monoisotopic (exact) mass is 596 g/mol. The molecule has 0 bridgehead atoms. The Morgan fingerprint density at radius 2 is 1.57 bits per heavy atom. The second-order valence-electron chi connectivity index (χ2n) is 10.8. The Morgan fingerprint density at radius 1 is 0.929 bits per heavy atom.